The molecule has 0 unspecified atom stereocenters. The van der Waals surface area contributed by atoms with E-state index in [1.54, 1.807) is 0 Å². The topological polar surface area (TPSA) is 9.86 Å². The van der Waals surface area contributed by atoms with Gasteiger partial charge in [-0.2, -0.15) is 0 Å². The summed E-state index contributed by atoms with van der Waals surface area (Å²) in [5, 5.41) is 5.09. The van der Waals surface area contributed by atoms with E-state index in [-0.39, 0.29) is 0 Å². The Morgan fingerprint density at radius 1 is 0.340 bits per heavy atom. The minimum Gasteiger partial charge on any atom is -0.309 e. The lowest BCUT2D eigenvalue weighted by Gasteiger charge is -2.15. The molecule has 0 aliphatic heterocycles. The Morgan fingerprint density at radius 2 is 0.840 bits per heavy atom. The van der Waals surface area contributed by atoms with Crippen molar-refractivity contribution in [2.75, 3.05) is 0 Å². The SMILES string of the molecule is C1=C(c2cccc(-n3c4ccccc4c4cc(-c5ccc6c(c5)c5ccccc5n6-c5cccc(-c6ccccc6)c5)ccc43)c2)CCCC1. The number of aromatic nitrogens is 2. The van der Waals surface area contributed by atoms with E-state index in [0.717, 1.165) is 0 Å². The molecular weight excluding hydrogens is 605 g/mol. The van der Waals surface area contributed by atoms with Crippen molar-refractivity contribution in [2.45, 2.75) is 25.7 Å². The van der Waals surface area contributed by atoms with E-state index in [4.69, 9.17) is 0 Å². The van der Waals surface area contributed by atoms with Crippen LogP contribution >= 0.6 is 0 Å². The Balaban J connectivity index is 1.11. The van der Waals surface area contributed by atoms with E-state index in [9.17, 15) is 0 Å². The zero-order chi connectivity index (χ0) is 33.0. The minimum atomic E-state index is 1.17. The second-order valence-electron chi connectivity index (χ2n) is 13.6. The number of allylic oxidation sites excluding steroid dienone is 2. The first-order chi connectivity index (χ1) is 24.8. The molecule has 50 heavy (non-hydrogen) atoms. The van der Waals surface area contributed by atoms with Gasteiger partial charge in [-0.05, 0) is 120 Å². The molecule has 0 N–H and O–H groups in total. The van der Waals surface area contributed by atoms with Gasteiger partial charge in [0.15, 0.2) is 0 Å². The van der Waals surface area contributed by atoms with Gasteiger partial charge in [0.05, 0.1) is 22.1 Å². The number of para-hydroxylation sites is 2. The van der Waals surface area contributed by atoms with E-state index >= 15 is 0 Å². The molecule has 0 spiro atoms. The van der Waals surface area contributed by atoms with Crippen LogP contribution in [0.25, 0.3) is 82.8 Å². The fourth-order valence-corrected chi connectivity index (χ4v) is 8.26. The van der Waals surface area contributed by atoms with Crippen LogP contribution in [0, 0.1) is 0 Å². The lowest BCUT2D eigenvalue weighted by atomic mass is 9.93. The summed E-state index contributed by atoms with van der Waals surface area (Å²) in [7, 11) is 0. The van der Waals surface area contributed by atoms with Crippen LogP contribution in [0.3, 0.4) is 0 Å². The zero-order valence-electron chi connectivity index (χ0n) is 27.9. The molecule has 2 heterocycles. The summed E-state index contributed by atoms with van der Waals surface area (Å²) in [6.45, 7) is 0. The molecular formula is C48H36N2. The molecule has 0 fully saturated rings. The Hall–Kier alpha value is -6.12. The molecule has 0 atom stereocenters. The summed E-state index contributed by atoms with van der Waals surface area (Å²) in [6, 6.07) is 60.3. The van der Waals surface area contributed by atoms with Crippen molar-refractivity contribution in [3.63, 3.8) is 0 Å². The molecule has 7 aromatic carbocycles. The lowest BCUT2D eigenvalue weighted by molar-refractivity contribution is 0.742. The fourth-order valence-electron chi connectivity index (χ4n) is 8.26. The van der Waals surface area contributed by atoms with Crippen LogP contribution in [0.2, 0.25) is 0 Å². The van der Waals surface area contributed by atoms with E-state index < -0.39 is 0 Å². The third kappa shape index (κ3) is 4.71. The zero-order valence-corrected chi connectivity index (χ0v) is 27.9. The van der Waals surface area contributed by atoms with Crippen molar-refractivity contribution in [1.29, 1.82) is 0 Å². The Morgan fingerprint density at radius 3 is 1.44 bits per heavy atom. The maximum absolute atomic E-state index is 2.45. The molecule has 2 nitrogen and oxygen atoms in total. The highest BCUT2D eigenvalue weighted by Gasteiger charge is 2.17. The van der Waals surface area contributed by atoms with Gasteiger partial charge >= 0.3 is 0 Å². The average Bonchev–Trinajstić information content (AvgIpc) is 3.71. The number of nitrogens with zero attached hydrogens (tertiary/aromatic N) is 2. The van der Waals surface area contributed by atoms with Gasteiger partial charge in [0, 0.05) is 32.9 Å². The molecule has 0 saturated heterocycles. The van der Waals surface area contributed by atoms with Crippen LogP contribution in [-0.4, -0.2) is 9.13 Å². The number of rotatable bonds is 5. The molecule has 1 aliphatic carbocycles. The van der Waals surface area contributed by atoms with Crippen LogP contribution in [0.4, 0.5) is 0 Å². The van der Waals surface area contributed by atoms with Gasteiger partial charge in [-0.1, -0.05) is 109 Å². The van der Waals surface area contributed by atoms with E-state index in [0.29, 0.717) is 0 Å². The number of fused-ring (bicyclic) bond motifs is 6. The summed E-state index contributed by atoms with van der Waals surface area (Å²) in [6.07, 6.45) is 7.38. The molecule has 0 saturated carbocycles. The lowest BCUT2D eigenvalue weighted by Crippen LogP contribution is -1.97. The van der Waals surface area contributed by atoms with Gasteiger partial charge in [-0.3, -0.25) is 0 Å². The van der Waals surface area contributed by atoms with Crippen molar-refractivity contribution >= 4 is 49.2 Å². The van der Waals surface area contributed by atoms with E-state index in [1.165, 1.54) is 114 Å². The van der Waals surface area contributed by atoms with E-state index in [2.05, 4.69) is 179 Å². The van der Waals surface area contributed by atoms with Gasteiger partial charge < -0.3 is 9.13 Å². The highest BCUT2D eigenvalue weighted by molar-refractivity contribution is 6.12. The summed E-state index contributed by atoms with van der Waals surface area (Å²) in [4.78, 5) is 0. The van der Waals surface area contributed by atoms with Crippen LogP contribution in [0.5, 0.6) is 0 Å². The smallest absolute Gasteiger partial charge is 0.0541 e. The number of hydrogen-bond donors (Lipinski definition) is 0. The highest BCUT2D eigenvalue weighted by Crippen LogP contribution is 2.39. The second-order valence-corrected chi connectivity index (χ2v) is 13.6. The fraction of sp³-hybridized carbons (Fsp3) is 0.0833. The van der Waals surface area contributed by atoms with Crippen LogP contribution < -0.4 is 0 Å². The largest absolute Gasteiger partial charge is 0.309 e. The van der Waals surface area contributed by atoms with E-state index in [1.807, 2.05) is 0 Å². The third-order valence-electron chi connectivity index (χ3n) is 10.7. The molecule has 9 aromatic rings. The van der Waals surface area contributed by atoms with Crippen LogP contribution in [0.15, 0.2) is 170 Å². The first-order valence-electron chi connectivity index (χ1n) is 17.8. The van der Waals surface area contributed by atoms with Crippen LogP contribution in [0.1, 0.15) is 31.2 Å². The number of hydrogen-bond acceptors (Lipinski definition) is 0. The molecule has 0 radical (unpaired) electrons. The van der Waals surface area contributed by atoms with Crippen molar-refractivity contribution in [2.24, 2.45) is 0 Å². The van der Waals surface area contributed by atoms with Gasteiger partial charge in [0.1, 0.15) is 0 Å². The minimum absolute atomic E-state index is 1.17. The van der Waals surface area contributed by atoms with Gasteiger partial charge in [-0.15, -0.1) is 0 Å². The first-order valence-corrected chi connectivity index (χ1v) is 17.8. The summed E-state index contributed by atoms with van der Waals surface area (Å²) >= 11 is 0. The summed E-state index contributed by atoms with van der Waals surface area (Å²) < 4.78 is 4.86. The maximum Gasteiger partial charge on any atom is 0.0541 e. The Bertz CT molecular complexity index is 2760. The normalized spacial score (nSPS) is 13.4. The third-order valence-corrected chi connectivity index (χ3v) is 10.7. The predicted octanol–water partition coefficient (Wildman–Crippen LogP) is 13.2. The van der Waals surface area contributed by atoms with Crippen molar-refractivity contribution in [3.05, 3.63) is 175 Å². The van der Waals surface area contributed by atoms with Gasteiger partial charge in [0.25, 0.3) is 0 Å². The first kappa shape index (κ1) is 28.9. The Labute approximate surface area is 292 Å². The molecule has 1 aliphatic rings. The summed E-state index contributed by atoms with van der Waals surface area (Å²) in [5.74, 6) is 0. The quantitative estimate of drug-likeness (QED) is 0.177. The van der Waals surface area contributed by atoms with Crippen molar-refractivity contribution in [1.82, 2.24) is 9.13 Å². The standard InChI is InChI=1S/C48H36N2/c1-3-13-33(14-4-1)35-17-11-19-39(29-35)49-45-23-9-7-21-41(45)43-31-37(25-27-47(43)49)38-26-28-48-44(32-38)42-22-8-10-24-46(42)50(48)40-20-12-18-36(30-40)34-15-5-2-6-16-34/h1,3-4,7-15,17-32H,2,5-6,16H2. The second kappa shape index (κ2) is 11.8. The molecule has 10 rings (SSSR count). The molecule has 2 heteroatoms. The monoisotopic (exact) mass is 640 g/mol. The molecule has 0 amide bonds. The van der Waals surface area contributed by atoms with Crippen LogP contribution in [-0.2, 0) is 0 Å². The van der Waals surface area contributed by atoms with Gasteiger partial charge in [-0.25, -0.2) is 0 Å². The molecule has 238 valence electrons. The summed E-state index contributed by atoms with van der Waals surface area (Å²) in [5.41, 5.74) is 15.0. The average molecular weight is 641 g/mol. The molecule has 2 aromatic heterocycles. The predicted molar refractivity (Wildman–Crippen MR) is 212 cm³/mol. The Kier molecular flexibility index (Phi) is 6.80. The highest BCUT2D eigenvalue weighted by atomic mass is 15.0. The van der Waals surface area contributed by atoms with Gasteiger partial charge in [0.2, 0.25) is 0 Å². The number of benzene rings is 7. The van der Waals surface area contributed by atoms with Crippen molar-refractivity contribution in [3.8, 4) is 33.6 Å². The van der Waals surface area contributed by atoms with Crippen molar-refractivity contribution < 1.29 is 0 Å². The molecule has 0 bridgehead atoms. The maximum atomic E-state index is 2.45.